The number of aryl methyl sites for hydroxylation is 2. The number of ether oxygens (including phenoxy) is 1. The fourth-order valence-corrected chi connectivity index (χ4v) is 6.63. The third kappa shape index (κ3) is 7.15. The van der Waals surface area contributed by atoms with Crippen molar-refractivity contribution >= 4 is 15.8 Å². The molecule has 3 unspecified atom stereocenters. The fraction of sp³-hybridized carbons (Fsp3) is 0.615. The normalized spacial score (nSPS) is 19.7. The summed E-state index contributed by atoms with van der Waals surface area (Å²) in [6, 6.07) is 7.98. The molecule has 0 amide bonds. The number of carboxylic acid groups (broad SMARTS) is 1. The average molecular weight is 492 g/mol. The van der Waals surface area contributed by atoms with Gasteiger partial charge in [0, 0.05) is 5.56 Å². The zero-order chi connectivity index (χ0) is 24.7. The van der Waals surface area contributed by atoms with Crippen LogP contribution in [0, 0.1) is 19.8 Å². The molecule has 2 aromatic rings. The Kier molecular flexibility index (Phi) is 9.31. The van der Waals surface area contributed by atoms with Crippen molar-refractivity contribution in [2.45, 2.75) is 90.1 Å². The van der Waals surface area contributed by atoms with Crippen molar-refractivity contribution in [1.29, 1.82) is 0 Å². The van der Waals surface area contributed by atoms with Gasteiger partial charge in [-0.05, 0) is 57.6 Å². The smallest absolute Gasteiger partial charge is 0.321 e. The first kappa shape index (κ1) is 26.4. The Morgan fingerprint density at radius 1 is 1.21 bits per heavy atom. The van der Waals surface area contributed by atoms with Gasteiger partial charge in [-0.15, -0.1) is 0 Å². The van der Waals surface area contributed by atoms with E-state index in [1.807, 2.05) is 45.0 Å². The number of hydrogen-bond acceptors (Lipinski definition) is 6. The molecule has 8 heteroatoms. The molecule has 0 radical (unpaired) electrons. The molecule has 1 aliphatic rings. The van der Waals surface area contributed by atoms with Crippen LogP contribution in [-0.2, 0) is 26.0 Å². The predicted molar refractivity (Wildman–Crippen MR) is 131 cm³/mol. The molecule has 1 N–H and O–H groups in total. The highest BCUT2D eigenvalue weighted by molar-refractivity contribution is 7.92. The summed E-state index contributed by atoms with van der Waals surface area (Å²) in [5.41, 5.74) is 2.82. The van der Waals surface area contributed by atoms with Gasteiger partial charge >= 0.3 is 5.97 Å². The second kappa shape index (κ2) is 12.0. The van der Waals surface area contributed by atoms with Crippen LogP contribution in [0.25, 0.3) is 11.5 Å². The van der Waals surface area contributed by atoms with Crippen molar-refractivity contribution in [2.75, 3.05) is 5.75 Å². The highest BCUT2D eigenvalue weighted by Crippen LogP contribution is 2.30. The maximum absolute atomic E-state index is 12.9. The number of aromatic nitrogens is 1. The van der Waals surface area contributed by atoms with Crippen LogP contribution >= 0.6 is 0 Å². The summed E-state index contributed by atoms with van der Waals surface area (Å²) in [7, 11) is -3.71. The van der Waals surface area contributed by atoms with E-state index >= 15 is 0 Å². The Labute approximate surface area is 202 Å². The number of benzene rings is 1. The van der Waals surface area contributed by atoms with Gasteiger partial charge in [-0.3, -0.25) is 4.79 Å². The zero-order valence-electron chi connectivity index (χ0n) is 20.5. The van der Waals surface area contributed by atoms with Gasteiger partial charge in [-0.1, -0.05) is 50.3 Å². The Hall–Kier alpha value is -2.19. The molecule has 34 heavy (non-hydrogen) atoms. The van der Waals surface area contributed by atoms with Crippen LogP contribution in [0.2, 0.25) is 0 Å². The van der Waals surface area contributed by atoms with E-state index in [1.165, 1.54) is 5.56 Å². The molecule has 0 bridgehead atoms. The lowest BCUT2D eigenvalue weighted by molar-refractivity contribution is -0.136. The Morgan fingerprint density at radius 2 is 1.94 bits per heavy atom. The first-order valence-corrected chi connectivity index (χ1v) is 14.0. The average Bonchev–Trinajstić information content (AvgIpc) is 3.15. The zero-order valence-corrected chi connectivity index (χ0v) is 21.3. The third-order valence-electron chi connectivity index (χ3n) is 6.63. The molecule has 1 aromatic heterocycles. The molecule has 0 saturated heterocycles. The topological polar surface area (TPSA) is 107 Å². The molecule has 1 heterocycles. The lowest BCUT2D eigenvalue weighted by Crippen LogP contribution is -2.36. The number of nitrogens with zero attached hydrogens (tertiary/aromatic N) is 1. The number of carboxylic acids is 1. The number of oxazole rings is 1. The van der Waals surface area contributed by atoms with E-state index in [1.54, 1.807) is 0 Å². The molecule has 1 aliphatic carbocycles. The van der Waals surface area contributed by atoms with Gasteiger partial charge < -0.3 is 14.3 Å². The molecule has 1 fully saturated rings. The molecule has 3 rings (SSSR count). The van der Waals surface area contributed by atoms with E-state index in [0.717, 1.165) is 43.4 Å². The molecular formula is C26H37NO6S. The summed E-state index contributed by atoms with van der Waals surface area (Å²) in [4.78, 5) is 16.2. The third-order valence-corrected chi connectivity index (χ3v) is 8.87. The highest BCUT2D eigenvalue weighted by atomic mass is 32.2. The number of aliphatic carboxylic acids is 1. The second-order valence-electron chi connectivity index (χ2n) is 9.51. The minimum Gasteiger partial charge on any atom is -0.480 e. The molecular weight excluding hydrogens is 454 g/mol. The lowest BCUT2D eigenvalue weighted by Gasteiger charge is -2.29. The monoisotopic (exact) mass is 491 g/mol. The molecule has 0 aliphatic heterocycles. The molecule has 7 nitrogen and oxygen atoms in total. The summed E-state index contributed by atoms with van der Waals surface area (Å²) in [5.74, 6) is -0.131. The van der Waals surface area contributed by atoms with Crippen LogP contribution in [0.5, 0.6) is 0 Å². The molecule has 1 saturated carbocycles. The maximum atomic E-state index is 12.9. The van der Waals surface area contributed by atoms with E-state index in [0.29, 0.717) is 31.1 Å². The van der Waals surface area contributed by atoms with E-state index in [4.69, 9.17) is 9.15 Å². The molecule has 1 aromatic carbocycles. The molecule has 188 valence electrons. The standard InChI is InChI=1S/C26H37NO6S/c1-4-5-6-10-24(26(28)29)34(30,31)17-20-8-7-9-22(15-20)32-16-23-19(3)33-25(27-23)21-13-11-18(2)12-14-21/h11-14,20,22,24H,4-10,15-17H2,1-3H3,(H,28,29). The van der Waals surface area contributed by atoms with Crippen molar-refractivity contribution in [3.05, 3.63) is 41.3 Å². The van der Waals surface area contributed by atoms with Gasteiger partial charge in [0.15, 0.2) is 15.1 Å². The first-order valence-electron chi connectivity index (χ1n) is 12.3. The van der Waals surface area contributed by atoms with Gasteiger partial charge in [0.05, 0.1) is 18.5 Å². The predicted octanol–water partition coefficient (Wildman–Crippen LogP) is 5.48. The fourth-order valence-electron chi connectivity index (χ4n) is 4.60. The Balaban J connectivity index is 1.57. The van der Waals surface area contributed by atoms with Crippen LogP contribution in [0.15, 0.2) is 28.7 Å². The van der Waals surface area contributed by atoms with Gasteiger partial charge in [-0.2, -0.15) is 0 Å². The van der Waals surface area contributed by atoms with Gasteiger partial charge in [-0.25, -0.2) is 13.4 Å². The van der Waals surface area contributed by atoms with Crippen molar-refractivity contribution in [1.82, 2.24) is 4.98 Å². The number of carbonyl (C=O) groups is 1. The second-order valence-corrected chi connectivity index (χ2v) is 11.7. The summed E-state index contributed by atoms with van der Waals surface area (Å²) >= 11 is 0. The van der Waals surface area contributed by atoms with Crippen LogP contribution < -0.4 is 0 Å². The minimum absolute atomic E-state index is 0.0729. The van der Waals surface area contributed by atoms with Crippen molar-refractivity contribution in [2.24, 2.45) is 5.92 Å². The van der Waals surface area contributed by atoms with Crippen molar-refractivity contribution in [3.63, 3.8) is 0 Å². The lowest BCUT2D eigenvalue weighted by atomic mass is 9.88. The van der Waals surface area contributed by atoms with E-state index in [9.17, 15) is 18.3 Å². The Bertz CT molecular complexity index is 1040. The largest absolute Gasteiger partial charge is 0.480 e. The maximum Gasteiger partial charge on any atom is 0.321 e. The number of unbranched alkanes of at least 4 members (excludes halogenated alkanes) is 2. The summed E-state index contributed by atoms with van der Waals surface area (Å²) in [6.07, 6.45) is 5.61. The van der Waals surface area contributed by atoms with Gasteiger partial charge in [0.1, 0.15) is 11.5 Å². The first-order chi connectivity index (χ1) is 16.2. The van der Waals surface area contributed by atoms with E-state index < -0.39 is 21.1 Å². The number of rotatable bonds is 12. The quantitative estimate of drug-likeness (QED) is 0.392. The van der Waals surface area contributed by atoms with E-state index in [-0.39, 0.29) is 24.2 Å². The number of hydrogen-bond donors (Lipinski definition) is 1. The van der Waals surface area contributed by atoms with E-state index in [2.05, 4.69) is 4.98 Å². The van der Waals surface area contributed by atoms with Crippen LogP contribution in [0.4, 0.5) is 0 Å². The summed E-state index contributed by atoms with van der Waals surface area (Å²) < 4.78 is 37.7. The van der Waals surface area contributed by atoms with Crippen molar-refractivity contribution < 1.29 is 27.5 Å². The SMILES string of the molecule is CCCCCC(C(=O)O)S(=O)(=O)CC1CCCC(OCc2nc(-c3ccc(C)cc3)oc2C)C1. The molecule has 3 atom stereocenters. The number of sulfone groups is 1. The van der Waals surface area contributed by atoms with Gasteiger partial charge in [0.2, 0.25) is 5.89 Å². The molecule has 0 spiro atoms. The minimum atomic E-state index is -3.71. The van der Waals surface area contributed by atoms with Crippen LogP contribution in [0.1, 0.15) is 75.3 Å². The van der Waals surface area contributed by atoms with Crippen LogP contribution in [-0.4, -0.2) is 41.6 Å². The Morgan fingerprint density at radius 3 is 2.62 bits per heavy atom. The van der Waals surface area contributed by atoms with Crippen LogP contribution in [0.3, 0.4) is 0 Å². The summed E-state index contributed by atoms with van der Waals surface area (Å²) in [6.45, 7) is 6.21. The van der Waals surface area contributed by atoms with Crippen molar-refractivity contribution in [3.8, 4) is 11.5 Å². The van der Waals surface area contributed by atoms with Gasteiger partial charge in [0.25, 0.3) is 0 Å². The summed E-state index contributed by atoms with van der Waals surface area (Å²) in [5, 5.41) is 8.20. The highest BCUT2D eigenvalue weighted by Gasteiger charge is 2.35.